The summed E-state index contributed by atoms with van der Waals surface area (Å²) >= 11 is 1.68. The van der Waals surface area contributed by atoms with E-state index in [1.54, 1.807) is 11.3 Å². The number of nitrogens with zero attached hydrogens (tertiary/aromatic N) is 3. The van der Waals surface area contributed by atoms with Gasteiger partial charge in [0, 0.05) is 26.0 Å². The second-order valence-corrected chi connectivity index (χ2v) is 7.12. The largest absolute Gasteiger partial charge is 0.494 e. The molecule has 0 saturated heterocycles. The fourth-order valence-corrected chi connectivity index (χ4v) is 3.04. The highest BCUT2D eigenvalue weighted by Crippen LogP contribution is 2.12. The SMILES string of the molecule is CN=C(NCCCCOc1ccc(C)cc1)N(C)Cc1csc(C)n1. The lowest BCUT2D eigenvalue weighted by molar-refractivity contribution is 0.306. The molecule has 0 amide bonds. The van der Waals surface area contributed by atoms with Crippen molar-refractivity contribution in [1.82, 2.24) is 15.2 Å². The fraction of sp³-hybridized carbons (Fsp3) is 0.474. The van der Waals surface area contributed by atoms with Crippen LogP contribution in [0.15, 0.2) is 34.6 Å². The smallest absolute Gasteiger partial charge is 0.193 e. The van der Waals surface area contributed by atoms with Crippen molar-refractivity contribution < 1.29 is 4.74 Å². The van der Waals surface area contributed by atoms with Gasteiger partial charge in [-0.05, 0) is 38.8 Å². The number of rotatable bonds is 8. The third-order valence-electron chi connectivity index (χ3n) is 3.78. The van der Waals surface area contributed by atoms with E-state index in [0.29, 0.717) is 0 Å². The number of thiazole rings is 1. The van der Waals surface area contributed by atoms with Crippen LogP contribution in [0, 0.1) is 13.8 Å². The van der Waals surface area contributed by atoms with Gasteiger partial charge in [0.15, 0.2) is 5.96 Å². The summed E-state index contributed by atoms with van der Waals surface area (Å²) in [5.41, 5.74) is 2.33. The van der Waals surface area contributed by atoms with Gasteiger partial charge in [-0.25, -0.2) is 4.98 Å². The van der Waals surface area contributed by atoms with Crippen molar-refractivity contribution in [2.75, 3.05) is 27.2 Å². The Morgan fingerprint density at radius 1 is 1.24 bits per heavy atom. The maximum Gasteiger partial charge on any atom is 0.193 e. The van der Waals surface area contributed by atoms with Gasteiger partial charge < -0.3 is 15.0 Å². The Morgan fingerprint density at radius 2 is 2.00 bits per heavy atom. The van der Waals surface area contributed by atoms with E-state index >= 15 is 0 Å². The molecule has 0 unspecified atom stereocenters. The Kier molecular flexibility index (Phi) is 7.73. The van der Waals surface area contributed by atoms with Gasteiger partial charge in [-0.15, -0.1) is 11.3 Å². The summed E-state index contributed by atoms with van der Waals surface area (Å²) in [6.45, 7) is 6.48. The molecule has 0 spiro atoms. The van der Waals surface area contributed by atoms with Crippen LogP contribution in [0.25, 0.3) is 0 Å². The molecule has 6 heteroatoms. The molecule has 136 valence electrons. The van der Waals surface area contributed by atoms with Gasteiger partial charge in [0.25, 0.3) is 0 Å². The van der Waals surface area contributed by atoms with E-state index in [1.807, 2.05) is 33.2 Å². The van der Waals surface area contributed by atoms with Crippen LogP contribution in [-0.4, -0.2) is 43.1 Å². The number of ether oxygens (including phenoxy) is 1. The predicted molar refractivity (Wildman–Crippen MR) is 106 cm³/mol. The molecular weight excluding hydrogens is 332 g/mol. The topological polar surface area (TPSA) is 49.8 Å². The number of unbranched alkanes of at least 4 members (excludes halogenated alkanes) is 1. The third kappa shape index (κ3) is 6.74. The lowest BCUT2D eigenvalue weighted by Gasteiger charge is -2.21. The molecule has 0 radical (unpaired) electrons. The molecular formula is C19H28N4OS. The first-order valence-electron chi connectivity index (χ1n) is 8.60. The van der Waals surface area contributed by atoms with Crippen molar-refractivity contribution in [3.8, 4) is 5.75 Å². The van der Waals surface area contributed by atoms with Gasteiger partial charge in [0.2, 0.25) is 0 Å². The molecule has 0 aliphatic carbocycles. The molecule has 2 aromatic rings. The molecule has 1 aromatic carbocycles. The lowest BCUT2D eigenvalue weighted by atomic mass is 10.2. The average Bonchev–Trinajstić information content (AvgIpc) is 3.00. The summed E-state index contributed by atoms with van der Waals surface area (Å²) in [5, 5.41) is 6.59. The van der Waals surface area contributed by atoms with E-state index < -0.39 is 0 Å². The minimum atomic E-state index is 0.733. The number of aromatic nitrogens is 1. The molecule has 0 bridgehead atoms. The zero-order chi connectivity index (χ0) is 18.1. The van der Waals surface area contributed by atoms with E-state index in [0.717, 1.165) is 54.9 Å². The van der Waals surface area contributed by atoms with Gasteiger partial charge in [-0.1, -0.05) is 17.7 Å². The summed E-state index contributed by atoms with van der Waals surface area (Å²) in [7, 11) is 3.84. The summed E-state index contributed by atoms with van der Waals surface area (Å²) < 4.78 is 5.75. The molecule has 0 aliphatic heterocycles. The molecule has 1 heterocycles. The fourth-order valence-electron chi connectivity index (χ4n) is 2.44. The Labute approximate surface area is 154 Å². The highest BCUT2D eigenvalue weighted by molar-refractivity contribution is 7.09. The number of guanidine groups is 1. The second-order valence-electron chi connectivity index (χ2n) is 6.06. The van der Waals surface area contributed by atoms with Crippen LogP contribution in [0.1, 0.15) is 29.1 Å². The summed E-state index contributed by atoms with van der Waals surface area (Å²) in [4.78, 5) is 10.9. The summed E-state index contributed by atoms with van der Waals surface area (Å²) in [5.74, 6) is 1.83. The number of aliphatic imine (C=N–C) groups is 1. The van der Waals surface area contributed by atoms with Crippen molar-refractivity contribution in [1.29, 1.82) is 0 Å². The van der Waals surface area contributed by atoms with E-state index in [2.05, 4.69) is 44.6 Å². The van der Waals surface area contributed by atoms with Crippen LogP contribution in [-0.2, 0) is 6.54 Å². The number of nitrogens with one attached hydrogen (secondary N) is 1. The molecule has 0 saturated carbocycles. The first-order valence-corrected chi connectivity index (χ1v) is 9.48. The standard InChI is InChI=1S/C19H28N4OS/c1-15-7-9-18(10-8-15)24-12-6-5-11-21-19(20-3)23(4)13-17-14-25-16(2)22-17/h7-10,14H,5-6,11-13H2,1-4H3,(H,20,21). The van der Waals surface area contributed by atoms with Crippen molar-refractivity contribution in [2.24, 2.45) is 4.99 Å². The molecule has 25 heavy (non-hydrogen) atoms. The lowest BCUT2D eigenvalue weighted by Crippen LogP contribution is -2.39. The van der Waals surface area contributed by atoms with Gasteiger partial charge in [-0.2, -0.15) is 0 Å². The molecule has 5 nitrogen and oxygen atoms in total. The Morgan fingerprint density at radius 3 is 2.64 bits per heavy atom. The van der Waals surface area contributed by atoms with Gasteiger partial charge >= 0.3 is 0 Å². The average molecular weight is 361 g/mol. The van der Waals surface area contributed by atoms with Gasteiger partial charge in [0.05, 0.1) is 23.9 Å². The zero-order valence-corrected chi connectivity index (χ0v) is 16.4. The van der Waals surface area contributed by atoms with E-state index in [4.69, 9.17) is 4.74 Å². The minimum Gasteiger partial charge on any atom is -0.494 e. The molecule has 0 atom stereocenters. The Balaban J connectivity index is 1.62. The van der Waals surface area contributed by atoms with Crippen molar-refractivity contribution >= 4 is 17.3 Å². The zero-order valence-electron chi connectivity index (χ0n) is 15.6. The van der Waals surface area contributed by atoms with Crippen LogP contribution >= 0.6 is 11.3 Å². The first kappa shape index (κ1) is 19.2. The van der Waals surface area contributed by atoms with Gasteiger partial charge in [0.1, 0.15) is 5.75 Å². The normalized spacial score (nSPS) is 11.4. The molecule has 2 rings (SSSR count). The Bertz CT molecular complexity index is 666. The number of hydrogen-bond acceptors (Lipinski definition) is 4. The van der Waals surface area contributed by atoms with Crippen LogP contribution in [0.5, 0.6) is 5.75 Å². The van der Waals surface area contributed by atoms with Gasteiger partial charge in [-0.3, -0.25) is 4.99 Å². The molecule has 0 fully saturated rings. The van der Waals surface area contributed by atoms with Crippen LogP contribution in [0.4, 0.5) is 0 Å². The highest BCUT2D eigenvalue weighted by Gasteiger charge is 2.08. The van der Waals surface area contributed by atoms with Crippen LogP contribution in [0.2, 0.25) is 0 Å². The molecule has 1 N–H and O–H groups in total. The summed E-state index contributed by atoms with van der Waals surface area (Å²) in [6, 6.07) is 8.18. The van der Waals surface area contributed by atoms with Crippen molar-refractivity contribution in [2.45, 2.75) is 33.2 Å². The minimum absolute atomic E-state index is 0.733. The van der Waals surface area contributed by atoms with E-state index in [1.165, 1.54) is 5.56 Å². The third-order valence-corrected chi connectivity index (χ3v) is 4.61. The predicted octanol–water partition coefficient (Wildman–Crippen LogP) is 3.63. The van der Waals surface area contributed by atoms with Crippen LogP contribution in [0.3, 0.4) is 0 Å². The maximum absolute atomic E-state index is 5.75. The molecule has 1 aromatic heterocycles. The summed E-state index contributed by atoms with van der Waals surface area (Å²) in [6.07, 6.45) is 2.04. The first-order chi connectivity index (χ1) is 12.1. The monoisotopic (exact) mass is 360 g/mol. The second kappa shape index (κ2) is 10.0. The Hall–Kier alpha value is -2.08. The highest BCUT2D eigenvalue weighted by atomic mass is 32.1. The number of aryl methyl sites for hydroxylation is 2. The van der Waals surface area contributed by atoms with Crippen molar-refractivity contribution in [3.63, 3.8) is 0 Å². The maximum atomic E-state index is 5.75. The number of benzene rings is 1. The quantitative estimate of drug-likeness (QED) is 0.444. The van der Waals surface area contributed by atoms with E-state index in [-0.39, 0.29) is 0 Å². The number of hydrogen-bond donors (Lipinski definition) is 1. The van der Waals surface area contributed by atoms with Crippen LogP contribution < -0.4 is 10.1 Å². The van der Waals surface area contributed by atoms with Crippen molar-refractivity contribution in [3.05, 3.63) is 45.9 Å². The molecule has 0 aliphatic rings. The van der Waals surface area contributed by atoms with E-state index in [9.17, 15) is 0 Å².